The highest BCUT2D eigenvalue weighted by Crippen LogP contribution is 2.21. The van der Waals surface area contributed by atoms with E-state index in [1.807, 2.05) is 12.1 Å². The summed E-state index contributed by atoms with van der Waals surface area (Å²) in [4.78, 5) is 4.38. The van der Waals surface area contributed by atoms with Crippen molar-refractivity contribution in [3.8, 4) is 11.7 Å². The first-order valence-corrected chi connectivity index (χ1v) is 5.96. The summed E-state index contributed by atoms with van der Waals surface area (Å²) in [5, 5.41) is 3.29. The minimum absolute atomic E-state index is 0.436. The lowest BCUT2D eigenvalue weighted by Crippen LogP contribution is -2.21. The molecule has 0 radical (unpaired) electrons. The van der Waals surface area contributed by atoms with Gasteiger partial charge in [-0.2, -0.15) is 0 Å². The largest absolute Gasteiger partial charge is 0.456 e. The molecule has 2 aromatic heterocycles. The molecule has 0 atom stereocenters. The van der Waals surface area contributed by atoms with Crippen LogP contribution in [0.3, 0.4) is 0 Å². The number of hydrogen-bond donors (Lipinski definition) is 1. The fraction of sp³-hybridized carbons (Fsp3) is 0.462. The Balaban J connectivity index is 2.07. The monoisotopic (exact) mass is 234 g/mol. The van der Waals surface area contributed by atoms with E-state index >= 15 is 0 Å². The van der Waals surface area contributed by atoms with E-state index in [0.717, 1.165) is 17.9 Å². The average Bonchev–Trinajstić information content (AvgIpc) is 2.94. The summed E-state index contributed by atoms with van der Waals surface area (Å²) < 4.78 is 11.0. The first-order valence-electron chi connectivity index (χ1n) is 5.96. The van der Waals surface area contributed by atoms with Crippen LogP contribution in [0.2, 0.25) is 0 Å². The van der Waals surface area contributed by atoms with E-state index in [4.69, 9.17) is 8.83 Å². The maximum Gasteiger partial charge on any atom is 0.263 e. The zero-order valence-electron chi connectivity index (χ0n) is 10.5. The smallest absolute Gasteiger partial charge is 0.263 e. The summed E-state index contributed by atoms with van der Waals surface area (Å²) >= 11 is 0. The molecule has 0 unspecified atom stereocenters. The minimum atomic E-state index is 0.436. The molecule has 0 aliphatic rings. The summed E-state index contributed by atoms with van der Waals surface area (Å²) in [6, 6.07) is 4.28. The Hall–Kier alpha value is -1.55. The molecule has 0 aliphatic carbocycles. The quantitative estimate of drug-likeness (QED) is 0.864. The van der Waals surface area contributed by atoms with Crippen molar-refractivity contribution in [3.05, 3.63) is 29.9 Å². The van der Waals surface area contributed by atoms with Crippen LogP contribution in [0.15, 0.2) is 27.2 Å². The topological polar surface area (TPSA) is 51.2 Å². The van der Waals surface area contributed by atoms with Gasteiger partial charge < -0.3 is 14.2 Å². The Kier molecular flexibility index (Phi) is 3.64. The van der Waals surface area contributed by atoms with E-state index in [1.165, 1.54) is 0 Å². The van der Waals surface area contributed by atoms with Gasteiger partial charge in [0.2, 0.25) is 0 Å². The maximum atomic E-state index is 5.58. The third-order valence-electron chi connectivity index (χ3n) is 2.46. The molecule has 4 nitrogen and oxygen atoms in total. The molecule has 92 valence electrons. The number of nitrogens with one attached hydrogen (secondary N) is 1. The summed E-state index contributed by atoms with van der Waals surface area (Å²) in [7, 11) is 0. The van der Waals surface area contributed by atoms with Crippen LogP contribution in [0.25, 0.3) is 11.7 Å². The highest BCUT2D eigenvalue weighted by Gasteiger charge is 2.10. The van der Waals surface area contributed by atoms with E-state index in [9.17, 15) is 0 Å². The van der Waals surface area contributed by atoms with Gasteiger partial charge in [-0.1, -0.05) is 20.8 Å². The van der Waals surface area contributed by atoms with Crippen LogP contribution in [0, 0.1) is 0 Å². The van der Waals surface area contributed by atoms with Crippen LogP contribution in [-0.2, 0) is 13.0 Å². The Bertz CT molecular complexity index is 471. The number of oxazole rings is 1. The van der Waals surface area contributed by atoms with Crippen molar-refractivity contribution in [2.75, 3.05) is 0 Å². The van der Waals surface area contributed by atoms with Gasteiger partial charge in [0, 0.05) is 19.0 Å². The standard InChI is InChI=1S/C13H18N2O2/c1-4-11-5-6-12(17-11)13-15-10(8-16-13)7-14-9(2)3/h5-6,8-9,14H,4,7H2,1-3H3. The predicted molar refractivity (Wildman–Crippen MR) is 65.6 cm³/mol. The minimum Gasteiger partial charge on any atom is -0.456 e. The molecule has 0 bridgehead atoms. The second kappa shape index (κ2) is 5.19. The molecule has 0 saturated carbocycles. The second-order valence-corrected chi connectivity index (χ2v) is 4.30. The molecule has 0 spiro atoms. The third-order valence-corrected chi connectivity index (χ3v) is 2.46. The fourth-order valence-corrected chi connectivity index (χ4v) is 1.49. The normalized spacial score (nSPS) is 11.3. The van der Waals surface area contributed by atoms with E-state index in [0.29, 0.717) is 24.2 Å². The molecule has 0 fully saturated rings. The maximum absolute atomic E-state index is 5.58. The van der Waals surface area contributed by atoms with Gasteiger partial charge in [-0.25, -0.2) is 4.98 Å². The van der Waals surface area contributed by atoms with Crippen LogP contribution in [-0.4, -0.2) is 11.0 Å². The fourth-order valence-electron chi connectivity index (χ4n) is 1.49. The van der Waals surface area contributed by atoms with Crippen molar-refractivity contribution in [1.82, 2.24) is 10.3 Å². The molecule has 0 saturated heterocycles. The van der Waals surface area contributed by atoms with Gasteiger partial charge in [0.05, 0.1) is 5.69 Å². The van der Waals surface area contributed by atoms with Crippen molar-refractivity contribution in [3.63, 3.8) is 0 Å². The van der Waals surface area contributed by atoms with Crippen molar-refractivity contribution < 1.29 is 8.83 Å². The van der Waals surface area contributed by atoms with Crippen LogP contribution in [0.5, 0.6) is 0 Å². The molecule has 0 amide bonds. The number of hydrogen-bond acceptors (Lipinski definition) is 4. The van der Waals surface area contributed by atoms with Crippen LogP contribution < -0.4 is 5.32 Å². The second-order valence-electron chi connectivity index (χ2n) is 4.30. The third kappa shape index (κ3) is 2.97. The van der Waals surface area contributed by atoms with Crippen LogP contribution in [0.4, 0.5) is 0 Å². The Morgan fingerprint density at radius 3 is 2.82 bits per heavy atom. The lowest BCUT2D eigenvalue weighted by Gasteiger charge is -2.03. The van der Waals surface area contributed by atoms with E-state index < -0.39 is 0 Å². The Labute approximate surface area is 101 Å². The molecular weight excluding hydrogens is 216 g/mol. The highest BCUT2D eigenvalue weighted by atomic mass is 16.4. The first-order chi connectivity index (χ1) is 8.19. The molecule has 2 rings (SSSR count). The zero-order chi connectivity index (χ0) is 12.3. The SMILES string of the molecule is CCc1ccc(-c2nc(CNC(C)C)co2)o1. The van der Waals surface area contributed by atoms with Gasteiger partial charge >= 0.3 is 0 Å². The number of aryl methyl sites for hydroxylation is 1. The summed E-state index contributed by atoms with van der Waals surface area (Å²) in [6.07, 6.45) is 2.54. The number of rotatable bonds is 5. The lowest BCUT2D eigenvalue weighted by molar-refractivity contribution is 0.490. The van der Waals surface area contributed by atoms with Crippen molar-refractivity contribution in [2.45, 2.75) is 39.8 Å². The van der Waals surface area contributed by atoms with Crippen LogP contribution in [0.1, 0.15) is 32.2 Å². The number of furan rings is 1. The molecule has 17 heavy (non-hydrogen) atoms. The summed E-state index contributed by atoms with van der Waals surface area (Å²) in [6.45, 7) is 6.96. The van der Waals surface area contributed by atoms with E-state index in [1.54, 1.807) is 6.26 Å². The predicted octanol–water partition coefficient (Wildman–Crippen LogP) is 3.00. The molecule has 1 N–H and O–H groups in total. The Morgan fingerprint density at radius 1 is 1.35 bits per heavy atom. The first kappa shape index (κ1) is 11.9. The van der Waals surface area contributed by atoms with Crippen molar-refractivity contribution in [1.29, 1.82) is 0 Å². The molecular formula is C13H18N2O2. The van der Waals surface area contributed by atoms with Gasteiger partial charge in [-0.15, -0.1) is 0 Å². The number of nitrogens with zero attached hydrogens (tertiary/aromatic N) is 1. The highest BCUT2D eigenvalue weighted by molar-refractivity contribution is 5.44. The van der Waals surface area contributed by atoms with Crippen LogP contribution >= 0.6 is 0 Å². The molecule has 4 heteroatoms. The molecule has 0 aliphatic heterocycles. The van der Waals surface area contributed by atoms with Gasteiger partial charge in [0.15, 0.2) is 5.76 Å². The molecule has 2 aromatic rings. The molecule has 0 aromatic carbocycles. The molecule has 2 heterocycles. The van der Waals surface area contributed by atoms with Gasteiger partial charge in [0.25, 0.3) is 5.89 Å². The van der Waals surface area contributed by atoms with Gasteiger partial charge in [-0.05, 0) is 12.1 Å². The zero-order valence-corrected chi connectivity index (χ0v) is 10.5. The number of aromatic nitrogens is 1. The lowest BCUT2D eigenvalue weighted by atomic mass is 10.3. The van der Waals surface area contributed by atoms with Gasteiger partial charge in [0.1, 0.15) is 12.0 Å². The average molecular weight is 234 g/mol. The van der Waals surface area contributed by atoms with Gasteiger partial charge in [-0.3, -0.25) is 0 Å². The van der Waals surface area contributed by atoms with Crippen molar-refractivity contribution in [2.24, 2.45) is 0 Å². The van der Waals surface area contributed by atoms with E-state index in [2.05, 4.69) is 31.1 Å². The summed E-state index contributed by atoms with van der Waals surface area (Å²) in [5.74, 6) is 2.18. The summed E-state index contributed by atoms with van der Waals surface area (Å²) in [5.41, 5.74) is 0.892. The Morgan fingerprint density at radius 2 is 2.18 bits per heavy atom. The van der Waals surface area contributed by atoms with Crippen molar-refractivity contribution >= 4 is 0 Å². The van der Waals surface area contributed by atoms with E-state index in [-0.39, 0.29) is 0 Å².